The van der Waals surface area contributed by atoms with Crippen LogP contribution < -0.4 is 5.32 Å². The Bertz CT molecular complexity index is 1440. The number of carbonyl (C=O) groups excluding carboxylic acids is 4. The van der Waals surface area contributed by atoms with Crippen molar-refractivity contribution < 1.29 is 44.3 Å². The molecule has 1 aromatic carbocycles. The molecule has 1 saturated heterocycles. The molecular formula is C26H20BrNO9. The Balaban J connectivity index is 1.45. The fraction of sp³-hybridized carbons (Fsp3) is 0.308. The average molecular weight is 570 g/mol. The van der Waals surface area contributed by atoms with Crippen molar-refractivity contribution in [3.05, 3.63) is 80.0 Å². The largest absolute Gasteiger partial charge is 0.394 e. The van der Waals surface area contributed by atoms with E-state index in [1.807, 2.05) is 0 Å². The summed E-state index contributed by atoms with van der Waals surface area (Å²) in [4.78, 5) is 53.6. The maximum Gasteiger partial charge on any atom is 0.207 e. The number of allylic oxidation sites excluding steroid dienone is 7. The highest BCUT2D eigenvalue weighted by atomic mass is 79.9. The first-order valence-electron chi connectivity index (χ1n) is 11.6. The van der Waals surface area contributed by atoms with E-state index in [0.29, 0.717) is 11.1 Å². The molecule has 10 nitrogen and oxygen atoms in total. The first-order chi connectivity index (χ1) is 17.7. The second kappa shape index (κ2) is 8.48. The lowest BCUT2D eigenvalue weighted by Crippen LogP contribution is -2.63. The van der Waals surface area contributed by atoms with E-state index in [1.165, 1.54) is 6.08 Å². The zero-order chi connectivity index (χ0) is 26.3. The summed E-state index contributed by atoms with van der Waals surface area (Å²) in [5.74, 6) is -3.92. The van der Waals surface area contributed by atoms with Gasteiger partial charge in [0.25, 0.3) is 0 Å². The van der Waals surface area contributed by atoms with Crippen LogP contribution in [0.1, 0.15) is 23.0 Å². The predicted octanol–water partition coefficient (Wildman–Crippen LogP) is -0.670. The number of aliphatic hydroxyl groups excluding tert-OH is 4. The highest BCUT2D eigenvalue weighted by Gasteiger charge is 2.55. The van der Waals surface area contributed by atoms with Gasteiger partial charge in [0.1, 0.15) is 30.1 Å². The Labute approximate surface area is 217 Å². The topological polar surface area (TPSA) is 170 Å². The smallest absolute Gasteiger partial charge is 0.207 e. The van der Waals surface area contributed by atoms with Gasteiger partial charge in [-0.05, 0) is 39.2 Å². The third-order valence-corrected chi connectivity index (χ3v) is 8.37. The molecule has 5 aliphatic carbocycles. The molecule has 0 radical (unpaired) electrons. The van der Waals surface area contributed by atoms with Crippen LogP contribution in [0.2, 0.25) is 0 Å². The van der Waals surface area contributed by atoms with Gasteiger partial charge in [-0.1, -0.05) is 24.3 Å². The van der Waals surface area contributed by atoms with Gasteiger partial charge < -0.3 is 30.5 Å². The molecule has 1 fully saturated rings. The molecule has 37 heavy (non-hydrogen) atoms. The summed E-state index contributed by atoms with van der Waals surface area (Å²) in [5.41, 5.74) is 1.52. The lowest BCUT2D eigenvalue weighted by Gasteiger charge is -2.45. The Morgan fingerprint density at radius 2 is 1.35 bits per heavy atom. The van der Waals surface area contributed by atoms with Gasteiger partial charge in [0.2, 0.25) is 5.78 Å². The molecule has 6 aliphatic rings. The average Bonchev–Trinajstić information content (AvgIpc) is 2.90. The van der Waals surface area contributed by atoms with Gasteiger partial charge >= 0.3 is 0 Å². The van der Waals surface area contributed by atoms with E-state index in [2.05, 4.69) is 21.2 Å². The van der Waals surface area contributed by atoms with Crippen LogP contribution in [0, 0.1) is 0 Å². The molecule has 0 spiro atoms. The summed E-state index contributed by atoms with van der Waals surface area (Å²) in [6.45, 7) is -0.664. The second-order valence-electron chi connectivity index (χ2n) is 9.46. The lowest BCUT2D eigenvalue weighted by atomic mass is 9.56. The Morgan fingerprint density at radius 1 is 0.811 bits per heavy atom. The van der Waals surface area contributed by atoms with Gasteiger partial charge in [-0.2, -0.15) is 0 Å². The Hall–Kier alpha value is -3.06. The zero-order valence-corrected chi connectivity index (χ0v) is 20.5. The summed E-state index contributed by atoms with van der Waals surface area (Å²) in [5, 5.41) is 43.2. The monoisotopic (exact) mass is 569 g/mol. The van der Waals surface area contributed by atoms with Crippen molar-refractivity contribution in [1.29, 1.82) is 0 Å². The summed E-state index contributed by atoms with van der Waals surface area (Å²) in [6, 6.07) is 5.60. The van der Waals surface area contributed by atoms with Gasteiger partial charge in [0, 0.05) is 34.1 Å². The van der Waals surface area contributed by atoms with Gasteiger partial charge in [0.05, 0.1) is 11.1 Å². The molecule has 0 saturated carbocycles. The number of ether oxygens (including phenoxy) is 1. The lowest BCUT2D eigenvalue weighted by molar-refractivity contribution is -0.253. The van der Waals surface area contributed by atoms with Crippen LogP contribution in [0.4, 0.5) is 0 Å². The van der Waals surface area contributed by atoms with Crippen molar-refractivity contribution in [2.75, 3.05) is 6.61 Å². The Morgan fingerprint density at radius 3 is 1.89 bits per heavy atom. The van der Waals surface area contributed by atoms with Crippen molar-refractivity contribution in [2.45, 2.75) is 42.5 Å². The fourth-order valence-electron chi connectivity index (χ4n) is 5.97. The van der Waals surface area contributed by atoms with E-state index in [4.69, 9.17) is 4.74 Å². The van der Waals surface area contributed by atoms with Gasteiger partial charge in [-0.15, -0.1) is 0 Å². The van der Waals surface area contributed by atoms with Crippen LogP contribution in [0.5, 0.6) is 0 Å². The van der Waals surface area contributed by atoms with Crippen LogP contribution >= 0.6 is 15.9 Å². The number of hydrogen-bond donors (Lipinski definition) is 5. The third kappa shape index (κ3) is 3.22. The van der Waals surface area contributed by atoms with E-state index in [1.54, 1.807) is 24.3 Å². The standard InChI is InChI=1S/C26H20BrNO9/c27-19-20(28-21-25(35)22(32)12(7-29)37-26(21)36)24(34)18-14-9-4-2-1-3-8(9)13(17(18)23(19)33)15-10(30)5-6-11(31)16(14)15/h1-6,12-14,21-22,25-26,28-29,32,35-36H,7H2/t12?,13?,14?,21?,22?,25?,26-/m0/s1. The first-order valence-corrected chi connectivity index (χ1v) is 12.4. The number of rotatable bonds is 3. The van der Waals surface area contributed by atoms with Crippen molar-refractivity contribution >= 4 is 39.1 Å². The SMILES string of the molecule is O=C1C=CC(=O)C2=C1C1C3=C(C(=O)C(NC4C(O)C(O)C(CO)O[C@@H]4O)=C(Br)C3=O)C2c2ccccc21. The Kier molecular flexibility index (Phi) is 5.57. The molecule has 190 valence electrons. The van der Waals surface area contributed by atoms with E-state index in [0.717, 1.165) is 6.08 Å². The molecule has 1 heterocycles. The van der Waals surface area contributed by atoms with E-state index in [-0.39, 0.29) is 32.5 Å². The van der Waals surface area contributed by atoms with Gasteiger partial charge in [-0.25, -0.2) is 0 Å². The number of ketones is 4. The summed E-state index contributed by atoms with van der Waals surface area (Å²) in [7, 11) is 0. The normalized spacial score (nSPS) is 34.7. The number of benzene rings is 1. The fourth-order valence-corrected chi connectivity index (χ4v) is 6.48. The molecular weight excluding hydrogens is 550 g/mol. The number of Topliss-reactive ketones (excluding diaryl/α,β-unsaturated/α-hetero) is 2. The molecule has 2 bridgehead atoms. The number of halogens is 1. The van der Waals surface area contributed by atoms with Crippen LogP contribution in [0.15, 0.2) is 68.9 Å². The third-order valence-electron chi connectivity index (χ3n) is 7.62. The minimum Gasteiger partial charge on any atom is -0.394 e. The number of carbonyl (C=O) groups is 4. The van der Waals surface area contributed by atoms with Crippen molar-refractivity contribution in [2.24, 2.45) is 0 Å². The minimum atomic E-state index is -1.73. The van der Waals surface area contributed by atoms with Crippen LogP contribution in [0.3, 0.4) is 0 Å². The molecule has 7 atom stereocenters. The molecule has 1 aromatic rings. The second-order valence-corrected chi connectivity index (χ2v) is 10.3. The van der Waals surface area contributed by atoms with Gasteiger partial charge in [0.15, 0.2) is 23.6 Å². The number of nitrogens with one attached hydrogen (secondary N) is 1. The van der Waals surface area contributed by atoms with E-state index < -0.39 is 72.2 Å². The molecule has 5 N–H and O–H groups in total. The molecule has 11 heteroatoms. The molecule has 1 aliphatic heterocycles. The first kappa shape index (κ1) is 24.3. The van der Waals surface area contributed by atoms with Crippen molar-refractivity contribution in [3.8, 4) is 0 Å². The quantitative estimate of drug-likeness (QED) is 0.294. The molecule has 0 amide bonds. The molecule has 7 rings (SSSR count). The van der Waals surface area contributed by atoms with Crippen molar-refractivity contribution in [3.63, 3.8) is 0 Å². The molecule has 0 aromatic heterocycles. The molecule has 6 unspecified atom stereocenters. The maximum atomic E-state index is 14.0. The zero-order valence-electron chi connectivity index (χ0n) is 18.9. The van der Waals surface area contributed by atoms with E-state index in [9.17, 15) is 39.6 Å². The minimum absolute atomic E-state index is 0.0455. The highest BCUT2D eigenvalue weighted by molar-refractivity contribution is 9.12. The van der Waals surface area contributed by atoms with Gasteiger partial charge in [-0.3, -0.25) is 19.2 Å². The van der Waals surface area contributed by atoms with Crippen LogP contribution in [0.25, 0.3) is 0 Å². The van der Waals surface area contributed by atoms with E-state index >= 15 is 0 Å². The maximum absolute atomic E-state index is 14.0. The van der Waals surface area contributed by atoms with Crippen LogP contribution in [-0.2, 0) is 23.9 Å². The van der Waals surface area contributed by atoms with Crippen molar-refractivity contribution in [1.82, 2.24) is 5.32 Å². The highest BCUT2D eigenvalue weighted by Crippen LogP contribution is 2.59. The summed E-state index contributed by atoms with van der Waals surface area (Å²) < 4.78 is 4.97. The summed E-state index contributed by atoms with van der Waals surface area (Å²) in [6.07, 6.45) is -3.89. The van der Waals surface area contributed by atoms with Crippen LogP contribution in [-0.4, -0.2) is 80.8 Å². The predicted molar refractivity (Wildman–Crippen MR) is 128 cm³/mol. The number of aliphatic hydroxyl groups is 4. The number of hydrogen-bond acceptors (Lipinski definition) is 10. The summed E-state index contributed by atoms with van der Waals surface area (Å²) >= 11 is 3.18.